The highest BCUT2D eigenvalue weighted by molar-refractivity contribution is 5.78. The van der Waals surface area contributed by atoms with Crippen molar-refractivity contribution in [2.45, 2.75) is 32.0 Å². The van der Waals surface area contributed by atoms with Crippen LogP contribution < -0.4 is 0 Å². The van der Waals surface area contributed by atoms with E-state index in [1.165, 1.54) is 0 Å². The molecule has 2 aliphatic rings. The molecular weight excluding hydrogens is 258 g/mol. The first-order valence-corrected chi connectivity index (χ1v) is 7.13. The fourth-order valence-corrected chi connectivity index (χ4v) is 2.98. The van der Waals surface area contributed by atoms with Gasteiger partial charge in [-0.3, -0.25) is 9.48 Å². The highest BCUT2D eigenvalue weighted by Crippen LogP contribution is 2.31. The average molecular weight is 279 g/mol. The van der Waals surface area contributed by atoms with E-state index in [0.717, 1.165) is 24.2 Å². The Bertz CT molecular complexity index is 496. The van der Waals surface area contributed by atoms with Crippen LogP contribution in [-0.2, 0) is 27.7 Å². The van der Waals surface area contributed by atoms with E-state index in [1.807, 2.05) is 24.9 Å². The zero-order valence-corrected chi connectivity index (χ0v) is 12.1. The zero-order valence-electron chi connectivity index (χ0n) is 12.1. The summed E-state index contributed by atoms with van der Waals surface area (Å²) >= 11 is 0. The van der Waals surface area contributed by atoms with Crippen LogP contribution in [0.1, 0.15) is 24.2 Å². The molecule has 1 spiro atoms. The lowest BCUT2D eigenvalue weighted by Crippen LogP contribution is -2.47. The van der Waals surface area contributed by atoms with Crippen LogP contribution in [0.25, 0.3) is 0 Å². The van der Waals surface area contributed by atoms with Crippen molar-refractivity contribution in [3.05, 3.63) is 17.5 Å². The quantitative estimate of drug-likeness (QED) is 0.797. The van der Waals surface area contributed by atoms with Crippen LogP contribution in [0.5, 0.6) is 0 Å². The molecule has 2 fully saturated rings. The molecule has 2 saturated heterocycles. The number of nitrogens with zero attached hydrogens (tertiary/aromatic N) is 3. The molecule has 3 rings (SSSR count). The van der Waals surface area contributed by atoms with E-state index in [4.69, 9.17) is 9.47 Å². The Balaban J connectivity index is 1.58. The second-order valence-electron chi connectivity index (χ2n) is 5.57. The third-order valence-electron chi connectivity index (χ3n) is 4.12. The lowest BCUT2D eigenvalue weighted by atomic mass is 10.0. The zero-order chi connectivity index (χ0) is 14.2. The molecule has 20 heavy (non-hydrogen) atoms. The predicted molar refractivity (Wildman–Crippen MR) is 72.1 cm³/mol. The molecular formula is C14H21N3O3. The largest absolute Gasteiger partial charge is 0.347 e. The molecule has 0 aromatic carbocycles. The van der Waals surface area contributed by atoms with Gasteiger partial charge < -0.3 is 14.4 Å². The van der Waals surface area contributed by atoms with Crippen molar-refractivity contribution in [2.75, 3.05) is 26.3 Å². The minimum absolute atomic E-state index is 0.154. The van der Waals surface area contributed by atoms with Crippen molar-refractivity contribution < 1.29 is 14.3 Å². The van der Waals surface area contributed by atoms with Crippen LogP contribution in [0.15, 0.2) is 6.07 Å². The molecule has 0 unspecified atom stereocenters. The molecule has 0 saturated carbocycles. The molecule has 6 heteroatoms. The second-order valence-corrected chi connectivity index (χ2v) is 5.57. The molecule has 0 bridgehead atoms. The highest BCUT2D eigenvalue weighted by atomic mass is 16.7. The topological polar surface area (TPSA) is 56.6 Å². The number of hydrogen-bond acceptors (Lipinski definition) is 4. The Hall–Kier alpha value is -1.40. The number of aryl methyl sites for hydroxylation is 2. The number of likely N-dealkylation sites (tertiary alicyclic amines) is 1. The van der Waals surface area contributed by atoms with Crippen LogP contribution in [0.4, 0.5) is 0 Å². The smallest absolute Gasteiger partial charge is 0.228 e. The van der Waals surface area contributed by atoms with Gasteiger partial charge in [0.1, 0.15) is 0 Å². The molecule has 1 aromatic heterocycles. The van der Waals surface area contributed by atoms with Gasteiger partial charge in [-0.25, -0.2) is 0 Å². The Morgan fingerprint density at radius 3 is 2.55 bits per heavy atom. The fraction of sp³-hybridized carbons (Fsp3) is 0.714. The van der Waals surface area contributed by atoms with Crippen molar-refractivity contribution in [2.24, 2.45) is 7.05 Å². The summed E-state index contributed by atoms with van der Waals surface area (Å²) in [7, 11) is 1.88. The Morgan fingerprint density at radius 1 is 1.35 bits per heavy atom. The maximum atomic E-state index is 12.3. The summed E-state index contributed by atoms with van der Waals surface area (Å²) in [6.07, 6.45) is 1.94. The molecule has 0 radical (unpaired) electrons. The van der Waals surface area contributed by atoms with Gasteiger partial charge in [-0.1, -0.05) is 0 Å². The van der Waals surface area contributed by atoms with Crippen LogP contribution in [0, 0.1) is 6.92 Å². The van der Waals surface area contributed by atoms with Crippen LogP contribution >= 0.6 is 0 Å². The first-order chi connectivity index (χ1) is 9.58. The molecule has 1 aromatic rings. The maximum absolute atomic E-state index is 12.3. The second kappa shape index (κ2) is 5.18. The first kappa shape index (κ1) is 13.6. The summed E-state index contributed by atoms with van der Waals surface area (Å²) in [6.45, 7) is 4.68. The summed E-state index contributed by atoms with van der Waals surface area (Å²) in [5.74, 6) is -0.263. The van der Waals surface area contributed by atoms with Gasteiger partial charge in [-0.05, 0) is 13.0 Å². The van der Waals surface area contributed by atoms with Gasteiger partial charge in [0.15, 0.2) is 5.79 Å². The molecule has 110 valence electrons. The molecule has 0 N–H and O–H groups in total. The van der Waals surface area contributed by atoms with E-state index >= 15 is 0 Å². The van der Waals surface area contributed by atoms with Gasteiger partial charge in [0.05, 0.1) is 25.3 Å². The standard InChI is InChI=1S/C14H21N3O3/c1-11-9-12(16(2)15-11)10-13(18)17-5-3-14(4-6-17)19-7-8-20-14/h9H,3-8,10H2,1-2H3. The molecule has 6 nitrogen and oxygen atoms in total. The van der Waals surface area contributed by atoms with Gasteiger partial charge in [-0.15, -0.1) is 0 Å². The van der Waals surface area contributed by atoms with Crippen LogP contribution in [0.3, 0.4) is 0 Å². The summed E-state index contributed by atoms with van der Waals surface area (Å²) < 4.78 is 13.1. The third kappa shape index (κ3) is 2.58. The van der Waals surface area contributed by atoms with Gasteiger partial charge >= 0.3 is 0 Å². The van der Waals surface area contributed by atoms with Crippen molar-refractivity contribution in [1.82, 2.24) is 14.7 Å². The SMILES string of the molecule is Cc1cc(CC(=O)N2CCC3(CC2)OCCO3)n(C)n1. The van der Waals surface area contributed by atoms with E-state index in [1.54, 1.807) is 4.68 Å². The van der Waals surface area contributed by atoms with E-state index in [-0.39, 0.29) is 5.91 Å². The summed E-state index contributed by atoms with van der Waals surface area (Å²) in [5, 5.41) is 4.27. The summed E-state index contributed by atoms with van der Waals surface area (Å²) in [5.41, 5.74) is 1.90. The van der Waals surface area contributed by atoms with E-state index in [2.05, 4.69) is 5.10 Å². The number of aromatic nitrogens is 2. The van der Waals surface area contributed by atoms with Gasteiger partial charge in [0.2, 0.25) is 5.91 Å². The van der Waals surface area contributed by atoms with E-state index in [0.29, 0.717) is 32.7 Å². The summed E-state index contributed by atoms with van der Waals surface area (Å²) in [6, 6.07) is 1.96. The van der Waals surface area contributed by atoms with Crippen molar-refractivity contribution in [1.29, 1.82) is 0 Å². The molecule has 2 aliphatic heterocycles. The minimum atomic E-state index is -0.417. The van der Waals surface area contributed by atoms with Crippen molar-refractivity contribution in [3.63, 3.8) is 0 Å². The molecule has 0 atom stereocenters. The normalized spacial score (nSPS) is 21.6. The number of rotatable bonds is 2. The third-order valence-corrected chi connectivity index (χ3v) is 4.12. The molecule has 0 aliphatic carbocycles. The van der Waals surface area contributed by atoms with Crippen molar-refractivity contribution >= 4 is 5.91 Å². The Labute approximate surface area is 118 Å². The number of ether oxygens (including phenoxy) is 2. The van der Waals surface area contributed by atoms with Gasteiger partial charge in [0.25, 0.3) is 0 Å². The number of hydrogen-bond donors (Lipinski definition) is 0. The van der Waals surface area contributed by atoms with Crippen molar-refractivity contribution in [3.8, 4) is 0 Å². The number of carbonyl (C=O) groups is 1. The summed E-state index contributed by atoms with van der Waals surface area (Å²) in [4.78, 5) is 14.2. The predicted octanol–water partition coefficient (Wildman–Crippen LogP) is 0.637. The van der Waals surface area contributed by atoms with E-state index < -0.39 is 5.79 Å². The Kier molecular flexibility index (Phi) is 3.52. The fourth-order valence-electron chi connectivity index (χ4n) is 2.98. The number of piperidine rings is 1. The lowest BCUT2D eigenvalue weighted by Gasteiger charge is -2.37. The van der Waals surface area contributed by atoms with Crippen LogP contribution in [0.2, 0.25) is 0 Å². The highest BCUT2D eigenvalue weighted by Gasteiger charge is 2.40. The van der Waals surface area contributed by atoms with Gasteiger partial charge in [0, 0.05) is 38.7 Å². The first-order valence-electron chi connectivity index (χ1n) is 7.13. The minimum Gasteiger partial charge on any atom is -0.347 e. The number of amides is 1. The van der Waals surface area contributed by atoms with Gasteiger partial charge in [-0.2, -0.15) is 5.10 Å². The van der Waals surface area contributed by atoms with Crippen LogP contribution in [-0.4, -0.2) is 52.7 Å². The average Bonchev–Trinajstić information content (AvgIpc) is 2.98. The molecule has 1 amide bonds. The van der Waals surface area contributed by atoms with E-state index in [9.17, 15) is 4.79 Å². The molecule has 3 heterocycles. The monoisotopic (exact) mass is 279 g/mol. The number of carbonyl (C=O) groups excluding carboxylic acids is 1. The Morgan fingerprint density at radius 2 is 2.00 bits per heavy atom. The maximum Gasteiger partial charge on any atom is 0.228 e. The lowest BCUT2D eigenvalue weighted by molar-refractivity contribution is -0.187.